The molecule has 0 fully saturated rings. The highest BCUT2D eigenvalue weighted by atomic mass is 16.6. The molecule has 1 N–H and O–H groups in total. The summed E-state index contributed by atoms with van der Waals surface area (Å²) >= 11 is 0. The molecule has 1 aromatic carbocycles. The predicted octanol–water partition coefficient (Wildman–Crippen LogP) is 2.35. The van der Waals surface area contributed by atoms with E-state index in [0.29, 0.717) is 18.2 Å². The number of fused-ring (bicyclic) bond motifs is 1. The van der Waals surface area contributed by atoms with E-state index in [1.165, 1.54) is 10.8 Å². The third-order valence-electron chi connectivity index (χ3n) is 2.94. The number of nitro groups is 1. The number of hydrogen-bond donors (Lipinski definition) is 1. The molecule has 0 spiro atoms. The molecule has 0 unspecified atom stereocenters. The molecule has 0 aliphatic heterocycles. The van der Waals surface area contributed by atoms with Gasteiger partial charge in [0.1, 0.15) is 6.20 Å². The van der Waals surface area contributed by atoms with Gasteiger partial charge in [-0.1, -0.05) is 12.1 Å². The number of nitrogens with zero attached hydrogens (tertiary/aromatic N) is 4. The van der Waals surface area contributed by atoms with E-state index in [1.807, 2.05) is 31.2 Å². The van der Waals surface area contributed by atoms with Crippen LogP contribution in [0.3, 0.4) is 0 Å². The Morgan fingerprint density at radius 3 is 2.89 bits per heavy atom. The highest BCUT2D eigenvalue weighted by molar-refractivity contribution is 5.78. The molecule has 0 atom stereocenters. The van der Waals surface area contributed by atoms with Crippen molar-refractivity contribution in [2.45, 2.75) is 13.5 Å². The topological polar surface area (TPSA) is 89.6 Å². The van der Waals surface area contributed by atoms with Crippen LogP contribution in [0, 0.1) is 10.1 Å². The Balaban J connectivity index is 2.18. The number of imidazole rings is 2. The highest BCUT2D eigenvalue weighted by Gasteiger charge is 2.22. The molecule has 7 nitrogen and oxygen atoms in total. The lowest BCUT2D eigenvalue weighted by atomic mass is 10.3. The Bertz CT molecular complexity index is 725. The Morgan fingerprint density at radius 2 is 2.21 bits per heavy atom. The molecular formula is C12H11N5O2. The number of nitrogens with one attached hydrogen (secondary N) is 1. The smallest absolute Gasteiger partial charge is 0.343 e. The lowest BCUT2D eigenvalue weighted by Gasteiger charge is -1.98. The molecule has 96 valence electrons. The fourth-order valence-electron chi connectivity index (χ4n) is 2.07. The molecule has 0 aliphatic rings. The van der Waals surface area contributed by atoms with E-state index in [-0.39, 0.29) is 5.82 Å². The molecule has 0 bridgehead atoms. The molecule has 3 aromatic rings. The fourth-order valence-corrected chi connectivity index (χ4v) is 2.07. The van der Waals surface area contributed by atoms with E-state index in [2.05, 4.69) is 15.0 Å². The van der Waals surface area contributed by atoms with Crippen molar-refractivity contribution in [1.29, 1.82) is 0 Å². The average Bonchev–Trinajstić information content (AvgIpc) is 3.01. The Kier molecular flexibility index (Phi) is 2.52. The van der Waals surface area contributed by atoms with E-state index < -0.39 is 4.92 Å². The zero-order valence-corrected chi connectivity index (χ0v) is 10.2. The summed E-state index contributed by atoms with van der Waals surface area (Å²) in [6.45, 7) is 2.30. The van der Waals surface area contributed by atoms with Gasteiger partial charge in [-0.2, -0.15) is 0 Å². The molecule has 2 heterocycles. The number of benzene rings is 1. The van der Waals surface area contributed by atoms with Crippen LogP contribution in [0.15, 0.2) is 30.5 Å². The minimum Gasteiger partial charge on any atom is -0.358 e. The van der Waals surface area contributed by atoms with Crippen LogP contribution in [-0.2, 0) is 6.54 Å². The highest BCUT2D eigenvalue weighted by Crippen LogP contribution is 2.23. The van der Waals surface area contributed by atoms with Gasteiger partial charge in [-0.25, -0.2) is 14.5 Å². The number of aromatic amines is 1. The Hall–Kier alpha value is -2.70. The molecule has 0 radical (unpaired) electrons. The van der Waals surface area contributed by atoms with E-state index in [0.717, 1.165) is 11.0 Å². The summed E-state index contributed by atoms with van der Waals surface area (Å²) in [7, 11) is 0. The van der Waals surface area contributed by atoms with Gasteiger partial charge in [0.15, 0.2) is 5.82 Å². The van der Waals surface area contributed by atoms with Crippen LogP contribution in [0.5, 0.6) is 0 Å². The van der Waals surface area contributed by atoms with Crippen molar-refractivity contribution in [3.05, 3.63) is 40.6 Å². The molecule has 0 saturated heterocycles. The summed E-state index contributed by atoms with van der Waals surface area (Å²) in [6, 6.07) is 7.57. The maximum Gasteiger partial charge on any atom is 0.343 e. The van der Waals surface area contributed by atoms with Crippen LogP contribution in [0.25, 0.3) is 22.7 Å². The van der Waals surface area contributed by atoms with Crippen molar-refractivity contribution < 1.29 is 4.92 Å². The second-order valence-electron chi connectivity index (χ2n) is 4.04. The number of para-hydroxylation sites is 2. The summed E-state index contributed by atoms with van der Waals surface area (Å²) in [4.78, 5) is 22.1. The predicted molar refractivity (Wildman–Crippen MR) is 69.6 cm³/mol. The quantitative estimate of drug-likeness (QED) is 0.576. The summed E-state index contributed by atoms with van der Waals surface area (Å²) in [6.07, 6.45) is 1.26. The van der Waals surface area contributed by atoms with E-state index in [1.54, 1.807) is 0 Å². The van der Waals surface area contributed by atoms with Crippen molar-refractivity contribution in [2.75, 3.05) is 0 Å². The fraction of sp³-hybridized carbons (Fsp3) is 0.167. The van der Waals surface area contributed by atoms with Gasteiger partial charge < -0.3 is 15.1 Å². The molecular weight excluding hydrogens is 246 g/mol. The largest absolute Gasteiger partial charge is 0.358 e. The van der Waals surface area contributed by atoms with Crippen molar-refractivity contribution in [2.24, 2.45) is 0 Å². The number of rotatable bonds is 3. The molecule has 19 heavy (non-hydrogen) atoms. The Morgan fingerprint density at radius 1 is 1.42 bits per heavy atom. The maximum atomic E-state index is 10.9. The third-order valence-corrected chi connectivity index (χ3v) is 2.94. The summed E-state index contributed by atoms with van der Waals surface area (Å²) in [5, 5.41) is 10.9. The maximum absolute atomic E-state index is 10.9. The third kappa shape index (κ3) is 1.75. The van der Waals surface area contributed by atoms with Gasteiger partial charge in [0.25, 0.3) is 5.82 Å². The van der Waals surface area contributed by atoms with Gasteiger partial charge in [-0.05, 0) is 24.0 Å². The van der Waals surface area contributed by atoms with Crippen LogP contribution in [0.4, 0.5) is 5.82 Å². The first-order chi connectivity index (χ1) is 9.20. The van der Waals surface area contributed by atoms with Gasteiger partial charge in [0.2, 0.25) is 0 Å². The van der Waals surface area contributed by atoms with Crippen molar-refractivity contribution >= 4 is 16.9 Å². The zero-order chi connectivity index (χ0) is 13.4. The zero-order valence-electron chi connectivity index (χ0n) is 10.2. The molecule has 7 heteroatoms. The van der Waals surface area contributed by atoms with Gasteiger partial charge >= 0.3 is 5.82 Å². The molecule has 0 aliphatic carbocycles. The van der Waals surface area contributed by atoms with Crippen molar-refractivity contribution in [1.82, 2.24) is 19.5 Å². The molecule has 3 rings (SSSR count). The van der Waals surface area contributed by atoms with E-state index >= 15 is 0 Å². The standard InChI is InChI=1S/C12H11N5O2/c1-2-16-10(17(18)19)7-13-12(16)11-14-8-5-3-4-6-9(8)15-11/h3-7H,2H2,1H3,(H,14,15). The first-order valence-electron chi connectivity index (χ1n) is 5.85. The average molecular weight is 257 g/mol. The number of hydrogen-bond acceptors (Lipinski definition) is 4. The lowest BCUT2D eigenvalue weighted by Crippen LogP contribution is -2.03. The van der Waals surface area contributed by atoms with Crippen LogP contribution in [-0.4, -0.2) is 24.4 Å². The second kappa shape index (κ2) is 4.20. The Labute approximate surface area is 108 Å². The van der Waals surface area contributed by atoms with Crippen LogP contribution >= 0.6 is 0 Å². The molecule has 2 aromatic heterocycles. The van der Waals surface area contributed by atoms with E-state index in [9.17, 15) is 10.1 Å². The number of H-pyrrole nitrogens is 1. The summed E-state index contributed by atoms with van der Waals surface area (Å²) < 4.78 is 1.53. The van der Waals surface area contributed by atoms with Crippen LogP contribution in [0.1, 0.15) is 6.92 Å². The minimum atomic E-state index is -0.442. The SMILES string of the molecule is CCn1c([N+](=O)[O-])cnc1-c1nc2ccccc2[nH]1. The first-order valence-corrected chi connectivity index (χ1v) is 5.85. The van der Waals surface area contributed by atoms with Crippen molar-refractivity contribution in [3.8, 4) is 11.6 Å². The molecule has 0 saturated carbocycles. The normalized spacial score (nSPS) is 11.0. The van der Waals surface area contributed by atoms with Gasteiger partial charge in [-0.15, -0.1) is 0 Å². The lowest BCUT2D eigenvalue weighted by molar-refractivity contribution is -0.392. The second-order valence-corrected chi connectivity index (χ2v) is 4.04. The van der Waals surface area contributed by atoms with Gasteiger partial charge in [-0.3, -0.25) is 0 Å². The minimum absolute atomic E-state index is 0.0297. The van der Waals surface area contributed by atoms with Crippen molar-refractivity contribution in [3.63, 3.8) is 0 Å². The summed E-state index contributed by atoms with van der Waals surface area (Å²) in [5.41, 5.74) is 1.69. The van der Waals surface area contributed by atoms with E-state index in [4.69, 9.17) is 0 Å². The molecule has 0 amide bonds. The number of aromatic nitrogens is 4. The first kappa shape index (κ1) is 11.4. The van der Waals surface area contributed by atoms with Crippen LogP contribution in [0.2, 0.25) is 0 Å². The van der Waals surface area contributed by atoms with Crippen LogP contribution < -0.4 is 0 Å². The monoisotopic (exact) mass is 257 g/mol. The summed E-state index contributed by atoms with van der Waals surface area (Å²) in [5.74, 6) is 0.986. The van der Waals surface area contributed by atoms with Gasteiger partial charge in [0, 0.05) is 0 Å². The van der Waals surface area contributed by atoms with Gasteiger partial charge in [0.05, 0.1) is 17.6 Å².